The standard InChI is InChI=1S/C19H26N2O2/c1-13-8-14(2)11-20(10-13)19(23)16-9-18(22)21(12-16)17-7-5-4-6-15(17)3/h4-7,13-14,16H,8-12H2,1-3H3/t13-,14-,16+/m0/s1. The number of aryl methyl sites for hydroxylation is 1. The zero-order valence-corrected chi connectivity index (χ0v) is 14.3. The highest BCUT2D eigenvalue weighted by Crippen LogP contribution is 2.30. The number of piperidine rings is 1. The van der Waals surface area contributed by atoms with Crippen LogP contribution in [0.2, 0.25) is 0 Å². The summed E-state index contributed by atoms with van der Waals surface area (Å²) in [4.78, 5) is 29.0. The van der Waals surface area contributed by atoms with Gasteiger partial charge in [0.25, 0.3) is 0 Å². The van der Waals surface area contributed by atoms with Crippen molar-refractivity contribution >= 4 is 17.5 Å². The molecule has 0 N–H and O–H groups in total. The Morgan fingerprint density at radius 1 is 1.09 bits per heavy atom. The fourth-order valence-corrected chi connectivity index (χ4v) is 4.07. The van der Waals surface area contributed by atoms with Crippen LogP contribution in [0.15, 0.2) is 24.3 Å². The molecule has 3 rings (SSSR count). The summed E-state index contributed by atoms with van der Waals surface area (Å²) in [5.41, 5.74) is 2.02. The number of hydrogen-bond acceptors (Lipinski definition) is 2. The van der Waals surface area contributed by atoms with Gasteiger partial charge in [0, 0.05) is 31.7 Å². The predicted octanol–water partition coefficient (Wildman–Crippen LogP) is 2.85. The zero-order valence-electron chi connectivity index (χ0n) is 14.3. The first kappa shape index (κ1) is 16.0. The smallest absolute Gasteiger partial charge is 0.228 e. The number of hydrogen-bond donors (Lipinski definition) is 0. The van der Waals surface area contributed by atoms with Crippen molar-refractivity contribution < 1.29 is 9.59 Å². The molecule has 2 amide bonds. The van der Waals surface area contributed by atoms with E-state index < -0.39 is 0 Å². The van der Waals surface area contributed by atoms with E-state index in [4.69, 9.17) is 0 Å². The van der Waals surface area contributed by atoms with Gasteiger partial charge in [0.2, 0.25) is 11.8 Å². The molecule has 124 valence electrons. The van der Waals surface area contributed by atoms with Crippen LogP contribution in [-0.4, -0.2) is 36.3 Å². The number of carbonyl (C=O) groups is 2. The van der Waals surface area contributed by atoms with E-state index in [0.29, 0.717) is 24.8 Å². The second-order valence-corrected chi connectivity index (χ2v) is 7.38. The Bertz CT molecular complexity index is 603. The molecule has 2 fully saturated rings. The van der Waals surface area contributed by atoms with Gasteiger partial charge in [-0.3, -0.25) is 9.59 Å². The van der Waals surface area contributed by atoms with Crippen molar-refractivity contribution in [1.29, 1.82) is 0 Å². The maximum Gasteiger partial charge on any atom is 0.228 e. The van der Waals surface area contributed by atoms with Crippen LogP contribution >= 0.6 is 0 Å². The quantitative estimate of drug-likeness (QED) is 0.842. The van der Waals surface area contributed by atoms with Crippen LogP contribution in [-0.2, 0) is 9.59 Å². The highest BCUT2D eigenvalue weighted by molar-refractivity contribution is 6.00. The summed E-state index contributed by atoms with van der Waals surface area (Å²) in [7, 11) is 0. The van der Waals surface area contributed by atoms with Gasteiger partial charge < -0.3 is 9.80 Å². The van der Waals surface area contributed by atoms with Gasteiger partial charge in [-0.25, -0.2) is 0 Å². The lowest BCUT2D eigenvalue weighted by Gasteiger charge is -2.36. The number of likely N-dealkylation sites (tertiary alicyclic amines) is 1. The van der Waals surface area contributed by atoms with E-state index in [1.54, 1.807) is 4.90 Å². The minimum absolute atomic E-state index is 0.0655. The summed E-state index contributed by atoms with van der Waals surface area (Å²) in [6, 6.07) is 7.88. The molecule has 0 aromatic heterocycles. The molecule has 4 nitrogen and oxygen atoms in total. The van der Waals surface area contributed by atoms with Crippen molar-refractivity contribution in [2.75, 3.05) is 24.5 Å². The third kappa shape index (κ3) is 3.26. The largest absolute Gasteiger partial charge is 0.342 e. The minimum Gasteiger partial charge on any atom is -0.342 e. The van der Waals surface area contributed by atoms with Crippen LogP contribution in [0.3, 0.4) is 0 Å². The summed E-state index contributed by atoms with van der Waals surface area (Å²) in [6.45, 7) is 8.59. The summed E-state index contributed by atoms with van der Waals surface area (Å²) < 4.78 is 0. The molecule has 1 aromatic carbocycles. The van der Waals surface area contributed by atoms with Crippen LogP contribution in [0.4, 0.5) is 5.69 Å². The van der Waals surface area contributed by atoms with Gasteiger partial charge in [-0.2, -0.15) is 0 Å². The maximum absolute atomic E-state index is 12.8. The molecule has 2 aliphatic heterocycles. The molecular weight excluding hydrogens is 288 g/mol. The van der Waals surface area contributed by atoms with E-state index in [1.165, 1.54) is 6.42 Å². The van der Waals surface area contributed by atoms with E-state index >= 15 is 0 Å². The fraction of sp³-hybridized carbons (Fsp3) is 0.579. The SMILES string of the molecule is Cc1ccccc1N1C[C@H](C(=O)N2C[C@@H](C)C[C@H](C)C2)CC1=O. The number of carbonyl (C=O) groups excluding carboxylic acids is 2. The Hall–Kier alpha value is -1.84. The number of nitrogens with zero attached hydrogens (tertiary/aromatic N) is 2. The first-order valence-electron chi connectivity index (χ1n) is 8.60. The first-order chi connectivity index (χ1) is 11.0. The molecule has 2 heterocycles. The third-order valence-corrected chi connectivity index (χ3v) is 5.06. The van der Waals surface area contributed by atoms with E-state index in [1.807, 2.05) is 36.1 Å². The van der Waals surface area contributed by atoms with E-state index in [-0.39, 0.29) is 17.7 Å². The minimum atomic E-state index is -0.195. The molecular formula is C19H26N2O2. The molecule has 2 aliphatic rings. The number of amides is 2. The molecule has 4 heteroatoms. The fourth-order valence-electron chi connectivity index (χ4n) is 4.07. The van der Waals surface area contributed by atoms with E-state index in [0.717, 1.165) is 24.3 Å². The molecule has 1 aromatic rings. The van der Waals surface area contributed by atoms with Crippen LogP contribution in [0, 0.1) is 24.7 Å². The maximum atomic E-state index is 12.8. The van der Waals surface area contributed by atoms with Gasteiger partial charge >= 0.3 is 0 Å². The molecule has 0 bridgehead atoms. The van der Waals surface area contributed by atoms with E-state index in [2.05, 4.69) is 13.8 Å². The topological polar surface area (TPSA) is 40.6 Å². The highest BCUT2D eigenvalue weighted by atomic mass is 16.2. The van der Waals surface area contributed by atoms with Gasteiger partial charge in [0.1, 0.15) is 0 Å². The van der Waals surface area contributed by atoms with Gasteiger partial charge in [-0.15, -0.1) is 0 Å². The average Bonchev–Trinajstić information content (AvgIpc) is 2.88. The summed E-state index contributed by atoms with van der Waals surface area (Å²) in [5.74, 6) is 1.13. The Morgan fingerprint density at radius 3 is 2.39 bits per heavy atom. The Balaban J connectivity index is 1.72. The van der Waals surface area contributed by atoms with Crippen molar-refractivity contribution in [2.45, 2.75) is 33.6 Å². The number of para-hydroxylation sites is 1. The van der Waals surface area contributed by atoms with Gasteiger partial charge in [0.15, 0.2) is 0 Å². The third-order valence-electron chi connectivity index (χ3n) is 5.06. The Labute approximate surface area is 138 Å². The zero-order chi connectivity index (χ0) is 16.6. The van der Waals surface area contributed by atoms with Crippen LogP contribution in [0.1, 0.15) is 32.3 Å². The molecule has 0 radical (unpaired) electrons. The van der Waals surface area contributed by atoms with Crippen LogP contribution in [0.5, 0.6) is 0 Å². The van der Waals surface area contributed by atoms with Gasteiger partial charge in [-0.1, -0.05) is 32.0 Å². The molecule has 0 saturated carbocycles. The average molecular weight is 314 g/mol. The second kappa shape index (κ2) is 6.34. The van der Waals surface area contributed by atoms with Crippen molar-refractivity contribution in [2.24, 2.45) is 17.8 Å². The van der Waals surface area contributed by atoms with Gasteiger partial charge in [0.05, 0.1) is 5.92 Å². The lowest BCUT2D eigenvalue weighted by atomic mass is 9.91. The van der Waals surface area contributed by atoms with Crippen LogP contribution < -0.4 is 4.90 Å². The predicted molar refractivity (Wildman–Crippen MR) is 91.2 cm³/mol. The lowest BCUT2D eigenvalue weighted by molar-refractivity contribution is -0.138. The number of anilines is 1. The summed E-state index contributed by atoms with van der Waals surface area (Å²) in [5, 5.41) is 0. The normalized spacial score (nSPS) is 28.3. The molecule has 0 aliphatic carbocycles. The van der Waals surface area contributed by atoms with Crippen molar-refractivity contribution in [3.8, 4) is 0 Å². The Morgan fingerprint density at radius 2 is 1.74 bits per heavy atom. The molecule has 2 saturated heterocycles. The van der Waals surface area contributed by atoms with Gasteiger partial charge in [-0.05, 0) is 36.8 Å². The van der Waals surface area contributed by atoms with Crippen molar-refractivity contribution in [3.63, 3.8) is 0 Å². The summed E-state index contributed by atoms with van der Waals surface area (Å²) in [6.07, 6.45) is 1.52. The molecule has 23 heavy (non-hydrogen) atoms. The Kier molecular flexibility index (Phi) is 4.42. The van der Waals surface area contributed by atoms with E-state index in [9.17, 15) is 9.59 Å². The lowest BCUT2D eigenvalue weighted by Crippen LogP contribution is -2.45. The van der Waals surface area contributed by atoms with Crippen molar-refractivity contribution in [1.82, 2.24) is 4.90 Å². The molecule has 0 spiro atoms. The van der Waals surface area contributed by atoms with Crippen LogP contribution in [0.25, 0.3) is 0 Å². The van der Waals surface area contributed by atoms with Crippen molar-refractivity contribution in [3.05, 3.63) is 29.8 Å². The molecule has 3 atom stereocenters. The first-order valence-corrected chi connectivity index (χ1v) is 8.60. The summed E-state index contributed by atoms with van der Waals surface area (Å²) >= 11 is 0. The number of rotatable bonds is 2. The number of benzene rings is 1. The second-order valence-electron chi connectivity index (χ2n) is 7.38. The highest BCUT2D eigenvalue weighted by Gasteiger charge is 2.39. The molecule has 0 unspecified atom stereocenters. The monoisotopic (exact) mass is 314 g/mol.